The van der Waals surface area contributed by atoms with Crippen molar-refractivity contribution in [1.29, 1.82) is 0 Å². The standard InChI is InChI=1S/C24H16Br2INO4/c1-30-21-12-15(10-19(27)22(21)31-13-14-6-8-16(25)9-7-14)11-20-24(29)32-23(28-20)17-4-2-3-5-18(17)26/h2-12H,13H2,1H3/b20-11-. The summed E-state index contributed by atoms with van der Waals surface area (Å²) < 4.78 is 19.6. The van der Waals surface area contributed by atoms with Gasteiger partial charge in [0.15, 0.2) is 17.2 Å². The Kier molecular flexibility index (Phi) is 7.32. The molecule has 0 aromatic heterocycles. The van der Waals surface area contributed by atoms with E-state index in [1.807, 2.05) is 60.7 Å². The second-order valence-corrected chi connectivity index (χ2v) is 9.70. The largest absolute Gasteiger partial charge is 0.493 e. The first-order valence-electron chi connectivity index (χ1n) is 9.47. The molecule has 3 aromatic rings. The molecule has 0 radical (unpaired) electrons. The molecular weight excluding hydrogens is 653 g/mol. The lowest BCUT2D eigenvalue weighted by Gasteiger charge is -2.14. The third-order valence-electron chi connectivity index (χ3n) is 4.58. The second-order valence-electron chi connectivity index (χ2n) is 6.77. The van der Waals surface area contributed by atoms with Crippen LogP contribution in [0.5, 0.6) is 11.5 Å². The Morgan fingerprint density at radius 1 is 1.09 bits per heavy atom. The zero-order valence-corrected chi connectivity index (χ0v) is 22.1. The van der Waals surface area contributed by atoms with E-state index in [9.17, 15) is 4.79 Å². The van der Waals surface area contributed by atoms with Crippen molar-refractivity contribution < 1.29 is 19.0 Å². The van der Waals surface area contributed by atoms with Crippen LogP contribution < -0.4 is 9.47 Å². The van der Waals surface area contributed by atoms with Crippen LogP contribution in [0.25, 0.3) is 6.08 Å². The van der Waals surface area contributed by atoms with Gasteiger partial charge in [0.2, 0.25) is 5.90 Å². The normalized spacial score (nSPS) is 14.3. The minimum Gasteiger partial charge on any atom is -0.493 e. The van der Waals surface area contributed by atoms with E-state index in [-0.39, 0.29) is 11.6 Å². The first-order chi connectivity index (χ1) is 15.4. The number of carbonyl (C=O) groups is 1. The van der Waals surface area contributed by atoms with Crippen LogP contribution in [0.1, 0.15) is 16.7 Å². The molecule has 0 unspecified atom stereocenters. The summed E-state index contributed by atoms with van der Waals surface area (Å²) in [7, 11) is 1.59. The number of aliphatic imine (C=N–C) groups is 1. The Bertz CT molecular complexity index is 1240. The number of methoxy groups -OCH3 is 1. The van der Waals surface area contributed by atoms with Gasteiger partial charge in [0, 0.05) is 8.95 Å². The quantitative estimate of drug-likeness (QED) is 0.166. The Balaban J connectivity index is 1.59. The first kappa shape index (κ1) is 23.0. The number of hydrogen-bond donors (Lipinski definition) is 0. The summed E-state index contributed by atoms with van der Waals surface area (Å²) in [5, 5.41) is 0. The van der Waals surface area contributed by atoms with Crippen molar-refractivity contribution in [2.45, 2.75) is 6.61 Å². The van der Waals surface area contributed by atoms with Crippen molar-refractivity contribution in [3.05, 3.63) is 95.6 Å². The maximum atomic E-state index is 12.4. The van der Waals surface area contributed by atoms with E-state index >= 15 is 0 Å². The van der Waals surface area contributed by atoms with Gasteiger partial charge in [-0.1, -0.05) is 40.2 Å². The highest BCUT2D eigenvalue weighted by Gasteiger charge is 2.25. The molecule has 4 rings (SSSR count). The Morgan fingerprint density at radius 3 is 2.56 bits per heavy atom. The topological polar surface area (TPSA) is 57.1 Å². The van der Waals surface area contributed by atoms with Crippen molar-refractivity contribution in [3.8, 4) is 11.5 Å². The minimum atomic E-state index is -0.500. The van der Waals surface area contributed by atoms with Gasteiger partial charge >= 0.3 is 5.97 Å². The molecule has 3 aromatic carbocycles. The van der Waals surface area contributed by atoms with E-state index in [4.69, 9.17) is 14.2 Å². The van der Waals surface area contributed by atoms with Crippen LogP contribution in [0.3, 0.4) is 0 Å². The second kappa shape index (κ2) is 10.2. The van der Waals surface area contributed by atoms with Crippen LogP contribution >= 0.6 is 54.5 Å². The molecule has 0 spiro atoms. The SMILES string of the molecule is COc1cc(/C=C2\N=C(c3ccccc3Br)OC2=O)cc(I)c1OCc1ccc(Br)cc1. The number of ether oxygens (including phenoxy) is 3. The van der Waals surface area contributed by atoms with E-state index in [2.05, 4.69) is 59.4 Å². The van der Waals surface area contributed by atoms with E-state index in [0.29, 0.717) is 23.7 Å². The van der Waals surface area contributed by atoms with Gasteiger partial charge in [-0.25, -0.2) is 9.79 Å². The van der Waals surface area contributed by atoms with Gasteiger partial charge in [-0.2, -0.15) is 0 Å². The van der Waals surface area contributed by atoms with Gasteiger partial charge in [-0.15, -0.1) is 0 Å². The molecule has 8 heteroatoms. The molecule has 1 aliphatic rings. The molecule has 32 heavy (non-hydrogen) atoms. The lowest BCUT2D eigenvalue weighted by molar-refractivity contribution is -0.129. The summed E-state index contributed by atoms with van der Waals surface area (Å²) in [4.78, 5) is 16.8. The predicted octanol–water partition coefficient (Wildman–Crippen LogP) is 6.75. The summed E-state index contributed by atoms with van der Waals surface area (Å²) in [5.74, 6) is 0.983. The average molecular weight is 669 g/mol. The Hall–Kier alpha value is -2.17. The third-order valence-corrected chi connectivity index (χ3v) is 6.60. The number of carbonyl (C=O) groups excluding carboxylic acids is 1. The van der Waals surface area contributed by atoms with E-state index in [1.165, 1.54) is 0 Å². The van der Waals surface area contributed by atoms with Gasteiger partial charge in [0.1, 0.15) is 6.61 Å². The highest BCUT2D eigenvalue weighted by atomic mass is 127. The van der Waals surface area contributed by atoms with Crippen molar-refractivity contribution in [1.82, 2.24) is 0 Å². The fourth-order valence-electron chi connectivity index (χ4n) is 3.02. The van der Waals surface area contributed by atoms with Gasteiger partial charge in [0.05, 0.1) is 16.2 Å². The van der Waals surface area contributed by atoms with Gasteiger partial charge < -0.3 is 14.2 Å². The smallest absolute Gasteiger partial charge is 0.363 e. The predicted molar refractivity (Wildman–Crippen MR) is 139 cm³/mol. The first-order valence-corrected chi connectivity index (χ1v) is 12.1. The molecule has 0 aliphatic carbocycles. The lowest BCUT2D eigenvalue weighted by atomic mass is 10.1. The maximum absolute atomic E-state index is 12.4. The molecule has 0 fully saturated rings. The molecule has 0 amide bonds. The number of rotatable bonds is 6. The van der Waals surface area contributed by atoms with Crippen molar-refractivity contribution >= 4 is 72.4 Å². The van der Waals surface area contributed by atoms with Crippen LogP contribution in [0.4, 0.5) is 0 Å². The van der Waals surface area contributed by atoms with Crippen LogP contribution in [-0.2, 0) is 16.1 Å². The molecule has 0 saturated carbocycles. The van der Waals surface area contributed by atoms with Crippen LogP contribution in [0.2, 0.25) is 0 Å². The number of esters is 1. The number of cyclic esters (lactones) is 1. The van der Waals surface area contributed by atoms with Crippen LogP contribution in [0, 0.1) is 3.57 Å². The van der Waals surface area contributed by atoms with Crippen LogP contribution in [0.15, 0.2) is 80.3 Å². The summed E-state index contributed by atoms with van der Waals surface area (Å²) in [5.41, 5.74) is 2.73. The fraction of sp³-hybridized carbons (Fsp3) is 0.0833. The van der Waals surface area contributed by atoms with Crippen molar-refractivity contribution in [2.75, 3.05) is 7.11 Å². The third kappa shape index (κ3) is 5.24. The van der Waals surface area contributed by atoms with Crippen molar-refractivity contribution in [3.63, 3.8) is 0 Å². The monoisotopic (exact) mass is 667 g/mol. The number of halogens is 3. The van der Waals surface area contributed by atoms with E-state index in [0.717, 1.165) is 23.6 Å². The Labute approximate surface area is 215 Å². The zero-order chi connectivity index (χ0) is 22.7. The summed E-state index contributed by atoms with van der Waals surface area (Å²) in [6.07, 6.45) is 1.68. The highest BCUT2D eigenvalue weighted by Crippen LogP contribution is 2.36. The summed E-state index contributed by atoms with van der Waals surface area (Å²) in [6.45, 7) is 0.409. The van der Waals surface area contributed by atoms with Gasteiger partial charge in [0.25, 0.3) is 0 Å². The number of nitrogens with zero attached hydrogens (tertiary/aromatic N) is 1. The maximum Gasteiger partial charge on any atom is 0.363 e. The number of benzene rings is 3. The molecule has 0 bridgehead atoms. The molecule has 5 nitrogen and oxygen atoms in total. The molecule has 1 heterocycles. The minimum absolute atomic E-state index is 0.220. The molecule has 162 valence electrons. The molecule has 0 atom stereocenters. The van der Waals surface area contributed by atoms with Gasteiger partial charge in [-0.05, 0) is 92.1 Å². The van der Waals surface area contributed by atoms with Crippen LogP contribution in [-0.4, -0.2) is 19.0 Å². The molecule has 1 aliphatic heterocycles. The molecular formula is C24H16Br2INO4. The fourth-order valence-corrected chi connectivity index (χ4v) is 4.52. The molecule has 0 N–H and O–H groups in total. The van der Waals surface area contributed by atoms with E-state index < -0.39 is 5.97 Å². The van der Waals surface area contributed by atoms with E-state index in [1.54, 1.807) is 13.2 Å². The van der Waals surface area contributed by atoms with Crippen molar-refractivity contribution in [2.24, 2.45) is 4.99 Å². The molecule has 0 saturated heterocycles. The van der Waals surface area contributed by atoms with Gasteiger partial charge in [-0.3, -0.25) is 0 Å². The average Bonchev–Trinajstić information content (AvgIpc) is 3.14. The lowest BCUT2D eigenvalue weighted by Crippen LogP contribution is -2.05. The highest BCUT2D eigenvalue weighted by molar-refractivity contribution is 14.1. The summed E-state index contributed by atoms with van der Waals surface area (Å²) in [6, 6.07) is 19.1. The summed E-state index contributed by atoms with van der Waals surface area (Å²) >= 11 is 9.08. The Morgan fingerprint density at radius 2 is 1.84 bits per heavy atom. The zero-order valence-electron chi connectivity index (χ0n) is 16.8. The number of hydrogen-bond acceptors (Lipinski definition) is 5.